The summed E-state index contributed by atoms with van der Waals surface area (Å²) in [5, 5.41) is 8.73. The molecule has 1 aromatic heterocycles. The molecule has 0 saturated carbocycles. The molecule has 0 atom stereocenters. The minimum Gasteiger partial charge on any atom is -0.370 e. The summed E-state index contributed by atoms with van der Waals surface area (Å²) in [5.41, 5.74) is 3.00. The molecule has 0 unspecified atom stereocenters. The van der Waals surface area contributed by atoms with E-state index in [9.17, 15) is 0 Å². The van der Waals surface area contributed by atoms with Gasteiger partial charge in [-0.1, -0.05) is 0 Å². The van der Waals surface area contributed by atoms with Crippen molar-refractivity contribution in [1.82, 2.24) is 4.98 Å². The van der Waals surface area contributed by atoms with Crippen molar-refractivity contribution in [2.75, 3.05) is 11.9 Å². The lowest BCUT2D eigenvalue weighted by Crippen LogP contribution is -2.16. The quantitative estimate of drug-likeness (QED) is 0.803. The molecule has 2 aromatic rings. The molecule has 0 amide bonds. The Balaban J connectivity index is 2.10. The predicted molar refractivity (Wildman–Crippen MR) is 67.5 cm³/mol. The average molecular weight is 223 g/mol. The Morgan fingerprint density at radius 3 is 2.35 bits per heavy atom. The molecule has 17 heavy (non-hydrogen) atoms. The summed E-state index contributed by atoms with van der Waals surface area (Å²) in [6, 6.07) is 13.7. The Labute approximate surface area is 101 Å². The molecule has 84 valence electrons. The van der Waals surface area contributed by atoms with Gasteiger partial charge in [0.25, 0.3) is 0 Å². The Morgan fingerprint density at radius 2 is 1.76 bits per heavy atom. The molecule has 0 aliphatic rings. The summed E-state index contributed by atoms with van der Waals surface area (Å²) in [4.78, 5) is 6.13. The molecule has 0 fully saturated rings. The molecular weight excluding hydrogens is 210 g/mol. The largest absolute Gasteiger partial charge is 0.370 e. The average Bonchev–Trinajstić information content (AvgIpc) is 2.40. The zero-order chi connectivity index (χ0) is 12.1. The van der Waals surface area contributed by atoms with Crippen LogP contribution < -0.4 is 4.90 Å². The third-order valence-electron chi connectivity index (χ3n) is 2.61. The molecule has 0 bridgehead atoms. The molecule has 3 nitrogen and oxygen atoms in total. The molecule has 1 heterocycles. The highest BCUT2D eigenvalue weighted by Gasteiger charge is 2.01. The number of benzene rings is 1. The second-order valence-electron chi connectivity index (χ2n) is 3.87. The number of hydrogen-bond donors (Lipinski definition) is 0. The van der Waals surface area contributed by atoms with Crippen molar-refractivity contribution in [3.63, 3.8) is 0 Å². The maximum Gasteiger partial charge on any atom is 0.0991 e. The Kier molecular flexibility index (Phi) is 3.37. The van der Waals surface area contributed by atoms with E-state index >= 15 is 0 Å². The molecule has 0 N–H and O–H groups in total. The number of anilines is 1. The Hall–Kier alpha value is -2.34. The van der Waals surface area contributed by atoms with Crippen LogP contribution in [-0.2, 0) is 6.54 Å². The van der Waals surface area contributed by atoms with Gasteiger partial charge in [-0.2, -0.15) is 5.26 Å². The highest BCUT2D eigenvalue weighted by Crippen LogP contribution is 2.15. The molecule has 0 aliphatic carbocycles. The summed E-state index contributed by atoms with van der Waals surface area (Å²) in [5.74, 6) is 0. The van der Waals surface area contributed by atoms with Gasteiger partial charge in [-0.25, -0.2) is 0 Å². The highest BCUT2D eigenvalue weighted by atomic mass is 15.1. The minimum atomic E-state index is 0.686. The number of nitrogens with zero attached hydrogens (tertiary/aromatic N) is 3. The van der Waals surface area contributed by atoms with Gasteiger partial charge in [0.1, 0.15) is 0 Å². The third-order valence-corrected chi connectivity index (χ3v) is 2.61. The minimum absolute atomic E-state index is 0.686. The standard InChI is InChI=1S/C14H13N3/c1-17(11-13-6-8-16-9-7-13)14-4-2-12(10-15)3-5-14/h2-9H,11H2,1H3. The highest BCUT2D eigenvalue weighted by molar-refractivity contribution is 5.49. The fourth-order valence-corrected chi connectivity index (χ4v) is 1.64. The maximum absolute atomic E-state index is 8.73. The van der Waals surface area contributed by atoms with Gasteiger partial charge in [-0.15, -0.1) is 0 Å². The van der Waals surface area contributed by atoms with E-state index in [0.29, 0.717) is 5.56 Å². The first-order valence-electron chi connectivity index (χ1n) is 5.40. The molecule has 2 rings (SSSR count). The van der Waals surface area contributed by atoms with Gasteiger partial charge < -0.3 is 4.90 Å². The van der Waals surface area contributed by atoms with Crippen LogP contribution in [0.1, 0.15) is 11.1 Å². The van der Waals surface area contributed by atoms with Gasteiger partial charge in [0, 0.05) is 31.7 Å². The first kappa shape index (κ1) is 11.2. The lowest BCUT2D eigenvalue weighted by Gasteiger charge is -2.19. The van der Waals surface area contributed by atoms with E-state index in [1.165, 1.54) is 5.56 Å². The van der Waals surface area contributed by atoms with E-state index in [1.807, 2.05) is 43.4 Å². The number of aromatic nitrogens is 1. The van der Waals surface area contributed by atoms with Gasteiger partial charge in [0.2, 0.25) is 0 Å². The lowest BCUT2D eigenvalue weighted by atomic mass is 10.2. The molecule has 0 radical (unpaired) electrons. The second-order valence-corrected chi connectivity index (χ2v) is 3.87. The number of rotatable bonds is 3. The predicted octanol–water partition coefficient (Wildman–Crippen LogP) is 2.59. The maximum atomic E-state index is 8.73. The van der Waals surface area contributed by atoms with Crippen molar-refractivity contribution in [3.8, 4) is 6.07 Å². The fourth-order valence-electron chi connectivity index (χ4n) is 1.64. The molecule has 1 aromatic carbocycles. The molecule has 3 heteroatoms. The number of pyridine rings is 1. The summed E-state index contributed by atoms with van der Waals surface area (Å²) in [6.45, 7) is 0.828. The van der Waals surface area contributed by atoms with Crippen LogP contribution in [0.5, 0.6) is 0 Å². The summed E-state index contributed by atoms with van der Waals surface area (Å²) in [6.07, 6.45) is 3.59. The molecule has 0 aliphatic heterocycles. The van der Waals surface area contributed by atoms with E-state index in [2.05, 4.69) is 16.0 Å². The van der Waals surface area contributed by atoms with Gasteiger partial charge in [-0.3, -0.25) is 4.98 Å². The van der Waals surface area contributed by atoms with Crippen molar-refractivity contribution < 1.29 is 0 Å². The molecule has 0 saturated heterocycles. The van der Waals surface area contributed by atoms with Crippen molar-refractivity contribution in [2.45, 2.75) is 6.54 Å². The SMILES string of the molecule is CN(Cc1ccncc1)c1ccc(C#N)cc1. The van der Waals surface area contributed by atoms with Gasteiger partial charge in [0.15, 0.2) is 0 Å². The summed E-state index contributed by atoms with van der Waals surface area (Å²) >= 11 is 0. The topological polar surface area (TPSA) is 39.9 Å². The molecular formula is C14H13N3. The van der Waals surface area contributed by atoms with Crippen LogP contribution in [-0.4, -0.2) is 12.0 Å². The van der Waals surface area contributed by atoms with E-state index in [-0.39, 0.29) is 0 Å². The number of hydrogen-bond acceptors (Lipinski definition) is 3. The smallest absolute Gasteiger partial charge is 0.0991 e. The van der Waals surface area contributed by atoms with Crippen molar-refractivity contribution in [2.24, 2.45) is 0 Å². The Bertz CT molecular complexity index is 511. The van der Waals surface area contributed by atoms with Crippen molar-refractivity contribution in [3.05, 3.63) is 59.9 Å². The van der Waals surface area contributed by atoms with Gasteiger partial charge in [-0.05, 0) is 42.0 Å². The zero-order valence-corrected chi connectivity index (χ0v) is 9.67. The third kappa shape index (κ3) is 2.82. The van der Waals surface area contributed by atoms with Crippen LogP contribution in [0, 0.1) is 11.3 Å². The zero-order valence-electron chi connectivity index (χ0n) is 9.67. The van der Waals surface area contributed by atoms with E-state index in [0.717, 1.165) is 12.2 Å². The van der Waals surface area contributed by atoms with Crippen LogP contribution in [0.25, 0.3) is 0 Å². The van der Waals surface area contributed by atoms with Gasteiger partial charge >= 0.3 is 0 Å². The van der Waals surface area contributed by atoms with E-state index in [1.54, 1.807) is 12.4 Å². The lowest BCUT2D eigenvalue weighted by molar-refractivity contribution is 0.919. The van der Waals surface area contributed by atoms with Crippen LogP contribution in [0.3, 0.4) is 0 Å². The van der Waals surface area contributed by atoms with Gasteiger partial charge in [0.05, 0.1) is 11.6 Å². The van der Waals surface area contributed by atoms with Crippen molar-refractivity contribution in [1.29, 1.82) is 5.26 Å². The Morgan fingerprint density at radius 1 is 1.12 bits per heavy atom. The number of nitriles is 1. The van der Waals surface area contributed by atoms with Crippen molar-refractivity contribution >= 4 is 5.69 Å². The summed E-state index contributed by atoms with van der Waals surface area (Å²) < 4.78 is 0. The van der Waals surface area contributed by atoms with Crippen LogP contribution in [0.4, 0.5) is 5.69 Å². The van der Waals surface area contributed by atoms with Crippen LogP contribution in [0.15, 0.2) is 48.8 Å². The first-order valence-corrected chi connectivity index (χ1v) is 5.40. The molecule has 0 spiro atoms. The fraction of sp³-hybridized carbons (Fsp3) is 0.143. The summed E-state index contributed by atoms with van der Waals surface area (Å²) in [7, 11) is 2.03. The first-order chi connectivity index (χ1) is 8.29. The monoisotopic (exact) mass is 223 g/mol. The second kappa shape index (κ2) is 5.13. The van der Waals surface area contributed by atoms with Crippen LogP contribution in [0.2, 0.25) is 0 Å². The van der Waals surface area contributed by atoms with E-state index < -0.39 is 0 Å². The normalized spacial score (nSPS) is 9.65. The van der Waals surface area contributed by atoms with E-state index in [4.69, 9.17) is 5.26 Å². The van der Waals surface area contributed by atoms with Crippen LogP contribution >= 0.6 is 0 Å².